The van der Waals surface area contributed by atoms with Crippen LogP contribution in [0.15, 0.2) is 48.5 Å². The van der Waals surface area contributed by atoms with Gasteiger partial charge in [0.2, 0.25) is 0 Å². The molecule has 1 N–H and O–H groups in total. The molecule has 1 fully saturated rings. The Hall–Kier alpha value is -2.11. The molecule has 0 aliphatic heterocycles. The van der Waals surface area contributed by atoms with Gasteiger partial charge < -0.3 is 4.74 Å². The zero-order valence-electron chi connectivity index (χ0n) is 13.1. The molecule has 0 bridgehead atoms. The lowest BCUT2D eigenvalue weighted by Crippen LogP contribution is -2.01. The van der Waals surface area contributed by atoms with E-state index in [0.29, 0.717) is 16.6 Å². The van der Waals surface area contributed by atoms with E-state index < -0.39 is 0 Å². The van der Waals surface area contributed by atoms with E-state index in [-0.39, 0.29) is 0 Å². The molecule has 3 aromatic rings. The quantitative estimate of drug-likeness (QED) is 0.678. The van der Waals surface area contributed by atoms with Gasteiger partial charge in [0.1, 0.15) is 11.6 Å². The number of hydrogen-bond donors (Lipinski definition) is 1. The third-order valence-corrected chi connectivity index (χ3v) is 4.97. The van der Waals surface area contributed by atoms with E-state index in [9.17, 15) is 0 Å². The van der Waals surface area contributed by atoms with E-state index in [4.69, 9.17) is 28.6 Å². The topological polar surface area (TPSA) is 42.8 Å². The summed E-state index contributed by atoms with van der Waals surface area (Å²) in [5, 5.41) is 8.17. The van der Waals surface area contributed by atoms with Crippen molar-refractivity contribution in [2.75, 3.05) is 7.11 Å². The first-order chi connectivity index (χ1) is 11.7. The molecule has 0 radical (unpaired) electrons. The standard InChI is InChI=1S/C18H16ClN3OS/c1-23-14-8-6-13(7-9-14)22-17(20-21-18(22)24)16-10-15(16)11-2-4-12(19)5-3-11/h2-9,15-16H,10H2,1H3,(H,21,24)/t15-,16+/m0/s1. The van der Waals surface area contributed by atoms with Gasteiger partial charge in [-0.25, -0.2) is 0 Å². The van der Waals surface area contributed by atoms with E-state index in [0.717, 1.165) is 28.7 Å². The first-order valence-corrected chi connectivity index (χ1v) is 8.53. The van der Waals surface area contributed by atoms with Crippen molar-refractivity contribution in [2.24, 2.45) is 0 Å². The molecule has 4 rings (SSSR count). The highest BCUT2D eigenvalue weighted by molar-refractivity contribution is 7.71. The summed E-state index contributed by atoms with van der Waals surface area (Å²) in [6.45, 7) is 0. The highest BCUT2D eigenvalue weighted by Gasteiger charge is 2.43. The fourth-order valence-corrected chi connectivity index (χ4v) is 3.47. The monoisotopic (exact) mass is 357 g/mol. The number of aromatic amines is 1. The van der Waals surface area contributed by atoms with Crippen LogP contribution in [-0.2, 0) is 0 Å². The Morgan fingerprint density at radius 1 is 1.12 bits per heavy atom. The molecular formula is C18H16ClN3OS. The second kappa shape index (κ2) is 6.07. The van der Waals surface area contributed by atoms with Gasteiger partial charge in [0.25, 0.3) is 0 Å². The van der Waals surface area contributed by atoms with Crippen LogP contribution in [0.4, 0.5) is 0 Å². The molecule has 0 amide bonds. The van der Waals surface area contributed by atoms with Gasteiger partial charge in [-0.3, -0.25) is 9.67 Å². The largest absolute Gasteiger partial charge is 0.497 e. The molecule has 24 heavy (non-hydrogen) atoms. The highest BCUT2D eigenvalue weighted by atomic mass is 35.5. The minimum Gasteiger partial charge on any atom is -0.497 e. The number of ether oxygens (including phenoxy) is 1. The van der Waals surface area contributed by atoms with Gasteiger partial charge in [0.15, 0.2) is 4.77 Å². The molecule has 4 nitrogen and oxygen atoms in total. The number of H-pyrrole nitrogens is 1. The minimum atomic E-state index is 0.362. The van der Waals surface area contributed by atoms with Crippen LogP contribution in [0.2, 0.25) is 5.02 Å². The van der Waals surface area contributed by atoms with E-state index in [1.165, 1.54) is 5.56 Å². The summed E-state index contributed by atoms with van der Waals surface area (Å²) in [6.07, 6.45) is 1.07. The maximum Gasteiger partial charge on any atom is 0.199 e. The van der Waals surface area contributed by atoms with Crippen molar-refractivity contribution < 1.29 is 4.74 Å². The van der Waals surface area contributed by atoms with Crippen molar-refractivity contribution in [3.63, 3.8) is 0 Å². The van der Waals surface area contributed by atoms with Crippen LogP contribution in [0.5, 0.6) is 5.75 Å². The number of nitrogens with one attached hydrogen (secondary N) is 1. The van der Waals surface area contributed by atoms with Crippen LogP contribution in [0.25, 0.3) is 5.69 Å². The van der Waals surface area contributed by atoms with Crippen molar-refractivity contribution in [3.8, 4) is 11.4 Å². The summed E-state index contributed by atoms with van der Waals surface area (Å²) in [7, 11) is 1.66. The Labute approximate surface area is 150 Å². The second-order valence-corrected chi connectivity index (χ2v) is 6.74. The molecule has 1 aliphatic carbocycles. The molecule has 0 spiro atoms. The van der Waals surface area contributed by atoms with E-state index in [2.05, 4.69) is 22.3 Å². The molecule has 1 heterocycles. The number of rotatable bonds is 4. The van der Waals surface area contributed by atoms with Crippen molar-refractivity contribution in [2.45, 2.75) is 18.3 Å². The van der Waals surface area contributed by atoms with E-state index in [1.54, 1.807) is 7.11 Å². The van der Waals surface area contributed by atoms with Gasteiger partial charge in [-0.05, 0) is 66.5 Å². The SMILES string of the molecule is COc1ccc(-n2c([C@@H]3C[C@H]3c3ccc(Cl)cc3)n[nH]c2=S)cc1. The molecule has 1 saturated carbocycles. The fourth-order valence-electron chi connectivity index (χ4n) is 3.10. The van der Waals surface area contributed by atoms with Crippen molar-refractivity contribution in [1.82, 2.24) is 14.8 Å². The lowest BCUT2D eigenvalue weighted by atomic mass is 10.1. The molecule has 1 aliphatic rings. The van der Waals surface area contributed by atoms with Gasteiger partial charge in [0.05, 0.1) is 7.11 Å². The van der Waals surface area contributed by atoms with Crippen LogP contribution in [0.1, 0.15) is 29.6 Å². The first-order valence-electron chi connectivity index (χ1n) is 7.74. The Morgan fingerprint density at radius 2 is 1.83 bits per heavy atom. The Morgan fingerprint density at radius 3 is 2.50 bits per heavy atom. The third kappa shape index (κ3) is 2.74. The first kappa shape index (κ1) is 15.4. The molecule has 0 saturated heterocycles. The molecule has 0 unspecified atom stereocenters. The number of nitrogens with zero attached hydrogens (tertiary/aromatic N) is 2. The normalized spacial score (nSPS) is 19.2. The smallest absolute Gasteiger partial charge is 0.199 e. The van der Waals surface area contributed by atoms with Gasteiger partial charge in [-0.1, -0.05) is 23.7 Å². The highest BCUT2D eigenvalue weighted by Crippen LogP contribution is 2.54. The summed E-state index contributed by atoms with van der Waals surface area (Å²) in [5.74, 6) is 2.62. The summed E-state index contributed by atoms with van der Waals surface area (Å²) >= 11 is 11.4. The van der Waals surface area contributed by atoms with Gasteiger partial charge in [0, 0.05) is 16.6 Å². The van der Waals surface area contributed by atoms with Crippen LogP contribution in [0, 0.1) is 4.77 Å². The number of halogens is 1. The van der Waals surface area contributed by atoms with E-state index in [1.807, 2.05) is 41.0 Å². The zero-order valence-corrected chi connectivity index (χ0v) is 14.6. The third-order valence-electron chi connectivity index (χ3n) is 4.45. The average molecular weight is 358 g/mol. The van der Waals surface area contributed by atoms with Crippen LogP contribution < -0.4 is 4.74 Å². The number of benzene rings is 2. The van der Waals surface area contributed by atoms with Crippen LogP contribution in [0.3, 0.4) is 0 Å². The second-order valence-electron chi connectivity index (χ2n) is 5.92. The van der Waals surface area contributed by atoms with Crippen LogP contribution >= 0.6 is 23.8 Å². The van der Waals surface area contributed by atoms with Gasteiger partial charge in [-0.2, -0.15) is 5.10 Å². The lowest BCUT2D eigenvalue weighted by molar-refractivity contribution is 0.414. The Balaban J connectivity index is 1.66. The molecule has 2 aromatic carbocycles. The summed E-state index contributed by atoms with van der Waals surface area (Å²) in [4.78, 5) is 0. The number of methoxy groups -OCH3 is 1. The summed E-state index contributed by atoms with van der Waals surface area (Å²) in [5.41, 5.74) is 2.28. The zero-order chi connectivity index (χ0) is 16.7. The average Bonchev–Trinajstić information content (AvgIpc) is 3.31. The molecule has 1 aromatic heterocycles. The van der Waals surface area contributed by atoms with Gasteiger partial charge in [-0.15, -0.1) is 0 Å². The van der Waals surface area contributed by atoms with Crippen molar-refractivity contribution in [1.29, 1.82) is 0 Å². The number of aromatic nitrogens is 3. The predicted molar refractivity (Wildman–Crippen MR) is 96.9 cm³/mol. The molecule has 6 heteroatoms. The Kier molecular flexibility index (Phi) is 3.90. The molecule has 2 atom stereocenters. The summed E-state index contributed by atoms with van der Waals surface area (Å²) < 4.78 is 7.84. The maximum absolute atomic E-state index is 5.98. The number of hydrogen-bond acceptors (Lipinski definition) is 3. The molecule has 122 valence electrons. The maximum atomic E-state index is 5.98. The van der Waals surface area contributed by atoms with Crippen molar-refractivity contribution in [3.05, 3.63) is 69.7 Å². The minimum absolute atomic E-state index is 0.362. The van der Waals surface area contributed by atoms with Crippen LogP contribution in [-0.4, -0.2) is 21.9 Å². The summed E-state index contributed by atoms with van der Waals surface area (Å²) in [6, 6.07) is 15.9. The van der Waals surface area contributed by atoms with E-state index >= 15 is 0 Å². The molecular weight excluding hydrogens is 342 g/mol. The van der Waals surface area contributed by atoms with Gasteiger partial charge >= 0.3 is 0 Å². The van der Waals surface area contributed by atoms with Crippen molar-refractivity contribution >= 4 is 23.8 Å². The lowest BCUT2D eigenvalue weighted by Gasteiger charge is -2.08. The fraction of sp³-hybridized carbons (Fsp3) is 0.222. The Bertz CT molecular complexity index is 915. The predicted octanol–water partition coefficient (Wildman–Crippen LogP) is 4.86.